The van der Waals surface area contributed by atoms with Gasteiger partial charge < -0.3 is 16.2 Å². The number of anilines is 2. The second-order valence-corrected chi connectivity index (χ2v) is 4.19. The summed E-state index contributed by atoms with van der Waals surface area (Å²) in [6, 6.07) is 6.17. The first-order valence-electron chi connectivity index (χ1n) is 5.77. The van der Waals surface area contributed by atoms with Crippen LogP contribution in [-0.2, 0) is 0 Å². The van der Waals surface area contributed by atoms with Crippen LogP contribution in [0.5, 0.6) is 0 Å². The molecule has 2 aromatic carbocycles. The highest BCUT2D eigenvalue weighted by Gasteiger charge is 2.17. The summed E-state index contributed by atoms with van der Waals surface area (Å²) in [7, 11) is 0. The number of nitrogen functional groups attached to an aromatic ring is 1. The molecule has 0 unspecified atom stereocenters. The summed E-state index contributed by atoms with van der Waals surface area (Å²) < 4.78 is 26.5. The van der Waals surface area contributed by atoms with E-state index in [2.05, 4.69) is 5.32 Å². The van der Waals surface area contributed by atoms with Crippen LogP contribution in [0.15, 0.2) is 36.4 Å². The van der Waals surface area contributed by atoms with Crippen molar-refractivity contribution in [2.45, 2.75) is 0 Å². The molecule has 0 radical (unpaired) electrons. The lowest BCUT2D eigenvalue weighted by molar-refractivity contribution is 0.0698. The number of hydrogen-bond acceptors (Lipinski definition) is 3. The van der Waals surface area contributed by atoms with Crippen molar-refractivity contribution in [1.82, 2.24) is 0 Å². The Hall–Kier alpha value is -2.96. The molecule has 1 amide bonds. The molecule has 0 fully saturated rings. The monoisotopic (exact) mass is 292 g/mol. The quantitative estimate of drug-likeness (QED) is 0.758. The van der Waals surface area contributed by atoms with E-state index in [4.69, 9.17) is 10.8 Å². The molecule has 0 aliphatic heterocycles. The van der Waals surface area contributed by atoms with Crippen molar-refractivity contribution in [3.8, 4) is 0 Å². The van der Waals surface area contributed by atoms with Crippen LogP contribution in [-0.4, -0.2) is 17.0 Å². The largest absolute Gasteiger partial charge is 0.478 e. The lowest BCUT2D eigenvalue weighted by Crippen LogP contribution is -2.16. The van der Waals surface area contributed by atoms with Crippen molar-refractivity contribution in [3.05, 3.63) is 59.2 Å². The molecular weight excluding hydrogens is 282 g/mol. The van der Waals surface area contributed by atoms with E-state index in [1.807, 2.05) is 0 Å². The zero-order valence-corrected chi connectivity index (χ0v) is 10.6. The van der Waals surface area contributed by atoms with Gasteiger partial charge in [-0.2, -0.15) is 0 Å². The third kappa shape index (κ3) is 3.14. The Bertz CT molecular complexity index is 732. The van der Waals surface area contributed by atoms with Crippen LogP contribution in [0.2, 0.25) is 0 Å². The molecule has 0 saturated carbocycles. The predicted octanol–water partition coefficient (Wildman–Crippen LogP) is 2.50. The molecule has 0 saturated heterocycles. The van der Waals surface area contributed by atoms with Crippen LogP contribution < -0.4 is 11.1 Å². The highest BCUT2D eigenvalue weighted by Crippen LogP contribution is 2.21. The first kappa shape index (κ1) is 14.4. The minimum absolute atomic E-state index is 0.101. The summed E-state index contributed by atoms with van der Waals surface area (Å²) in [5.41, 5.74) is 4.89. The summed E-state index contributed by atoms with van der Waals surface area (Å²) in [5.74, 6) is -3.97. The zero-order valence-electron chi connectivity index (χ0n) is 10.6. The van der Waals surface area contributed by atoms with Crippen molar-refractivity contribution in [2.75, 3.05) is 11.1 Å². The van der Waals surface area contributed by atoms with Gasteiger partial charge in [0.2, 0.25) is 0 Å². The Labute approximate surface area is 118 Å². The smallest absolute Gasteiger partial charge is 0.337 e. The second-order valence-electron chi connectivity index (χ2n) is 4.19. The molecule has 0 aliphatic rings. The van der Waals surface area contributed by atoms with Crippen LogP contribution >= 0.6 is 0 Å². The van der Waals surface area contributed by atoms with Crippen LogP contribution in [0.3, 0.4) is 0 Å². The average Bonchev–Trinajstić information content (AvgIpc) is 2.41. The minimum Gasteiger partial charge on any atom is -0.478 e. The van der Waals surface area contributed by atoms with Crippen LogP contribution in [0.25, 0.3) is 0 Å². The lowest BCUT2D eigenvalue weighted by Gasteiger charge is -2.10. The van der Waals surface area contributed by atoms with Crippen molar-refractivity contribution in [1.29, 1.82) is 0 Å². The summed E-state index contributed by atoms with van der Waals surface area (Å²) in [4.78, 5) is 23.0. The van der Waals surface area contributed by atoms with Crippen LogP contribution in [0, 0.1) is 11.6 Å². The number of nitrogens with one attached hydrogen (secondary N) is 1. The van der Waals surface area contributed by atoms with Crippen molar-refractivity contribution in [2.24, 2.45) is 0 Å². The summed E-state index contributed by atoms with van der Waals surface area (Å²) >= 11 is 0. The Kier molecular flexibility index (Phi) is 3.84. The number of carbonyl (C=O) groups is 2. The molecule has 21 heavy (non-hydrogen) atoms. The van der Waals surface area contributed by atoms with E-state index in [1.165, 1.54) is 18.2 Å². The van der Waals surface area contributed by atoms with Crippen molar-refractivity contribution in [3.63, 3.8) is 0 Å². The van der Waals surface area contributed by atoms with E-state index < -0.39 is 29.1 Å². The molecule has 0 spiro atoms. The van der Waals surface area contributed by atoms with Crippen LogP contribution in [0.1, 0.15) is 20.7 Å². The fourth-order valence-corrected chi connectivity index (χ4v) is 1.71. The second kappa shape index (κ2) is 5.58. The molecule has 5 nitrogen and oxygen atoms in total. The molecule has 7 heteroatoms. The van der Waals surface area contributed by atoms with Gasteiger partial charge in [0.1, 0.15) is 11.6 Å². The fraction of sp³-hybridized carbons (Fsp3) is 0. The Balaban J connectivity index is 2.38. The van der Waals surface area contributed by atoms with E-state index in [1.54, 1.807) is 0 Å². The molecule has 4 N–H and O–H groups in total. The summed E-state index contributed by atoms with van der Waals surface area (Å²) in [6.07, 6.45) is 0. The van der Waals surface area contributed by atoms with Gasteiger partial charge >= 0.3 is 5.97 Å². The highest BCUT2D eigenvalue weighted by atomic mass is 19.1. The predicted molar refractivity (Wildman–Crippen MR) is 72.1 cm³/mol. The molecule has 0 heterocycles. The molecule has 2 aromatic rings. The minimum atomic E-state index is -1.29. The van der Waals surface area contributed by atoms with E-state index >= 15 is 0 Å². The van der Waals surface area contributed by atoms with Gasteiger partial charge in [0, 0.05) is 5.69 Å². The van der Waals surface area contributed by atoms with Gasteiger partial charge in [-0.05, 0) is 36.4 Å². The number of carboxylic acids is 1. The number of aromatic carboxylic acids is 1. The first-order valence-corrected chi connectivity index (χ1v) is 5.77. The van der Waals surface area contributed by atoms with Gasteiger partial charge in [-0.1, -0.05) is 0 Å². The fourth-order valence-electron chi connectivity index (χ4n) is 1.71. The molecule has 2 rings (SSSR count). The number of nitrogens with two attached hydrogens (primary N) is 1. The summed E-state index contributed by atoms with van der Waals surface area (Å²) in [6.45, 7) is 0. The number of carbonyl (C=O) groups excluding carboxylic acids is 1. The van der Waals surface area contributed by atoms with E-state index in [9.17, 15) is 18.4 Å². The van der Waals surface area contributed by atoms with E-state index in [0.717, 1.165) is 18.2 Å². The van der Waals surface area contributed by atoms with Gasteiger partial charge in [-0.25, -0.2) is 13.6 Å². The van der Waals surface area contributed by atoms with Gasteiger partial charge in [0.05, 0.1) is 16.8 Å². The number of halogens is 2. The molecule has 0 aromatic heterocycles. The van der Waals surface area contributed by atoms with Gasteiger partial charge in [0.25, 0.3) is 5.91 Å². The van der Waals surface area contributed by atoms with Gasteiger partial charge in [-0.15, -0.1) is 0 Å². The van der Waals surface area contributed by atoms with Crippen molar-refractivity contribution < 1.29 is 23.5 Å². The molecule has 0 bridgehead atoms. The van der Waals surface area contributed by atoms with Gasteiger partial charge in [-0.3, -0.25) is 4.79 Å². The molecule has 0 atom stereocenters. The Morgan fingerprint density at radius 3 is 2.43 bits per heavy atom. The number of hydrogen-bond donors (Lipinski definition) is 3. The van der Waals surface area contributed by atoms with Gasteiger partial charge in [0.15, 0.2) is 0 Å². The normalized spacial score (nSPS) is 10.2. The zero-order chi connectivity index (χ0) is 15.6. The first-order chi connectivity index (χ1) is 9.88. The average molecular weight is 292 g/mol. The maximum absolute atomic E-state index is 13.5. The SMILES string of the molecule is Nc1ccc(C(=O)O)c(NC(=O)c2cc(F)ccc2F)c1. The Morgan fingerprint density at radius 2 is 1.76 bits per heavy atom. The topological polar surface area (TPSA) is 92.4 Å². The summed E-state index contributed by atoms with van der Waals surface area (Å²) in [5, 5.41) is 11.2. The number of rotatable bonds is 3. The van der Waals surface area contributed by atoms with E-state index in [0.29, 0.717) is 0 Å². The third-order valence-electron chi connectivity index (χ3n) is 2.70. The molecule has 0 aliphatic carbocycles. The lowest BCUT2D eigenvalue weighted by atomic mass is 10.1. The van der Waals surface area contributed by atoms with Crippen LogP contribution in [0.4, 0.5) is 20.2 Å². The van der Waals surface area contributed by atoms with Crippen molar-refractivity contribution >= 4 is 23.3 Å². The standard InChI is InChI=1S/C14H10F2N2O3/c15-7-1-4-11(16)10(5-7)13(19)18-12-6-8(17)2-3-9(12)14(20)21/h1-6H,17H2,(H,18,19)(H,20,21). The molecular formula is C14H10F2N2O3. The van der Waals surface area contributed by atoms with E-state index in [-0.39, 0.29) is 16.9 Å². The highest BCUT2D eigenvalue weighted by molar-refractivity contribution is 6.08. The molecule has 108 valence electrons. The number of amides is 1. The number of carboxylic acid groups (broad SMARTS) is 1. The number of benzene rings is 2. The maximum Gasteiger partial charge on any atom is 0.337 e. The Morgan fingerprint density at radius 1 is 1.05 bits per heavy atom. The maximum atomic E-state index is 13.5. The third-order valence-corrected chi connectivity index (χ3v) is 2.70.